The van der Waals surface area contributed by atoms with E-state index in [0.717, 1.165) is 20.0 Å². The molecule has 0 amide bonds. The minimum atomic E-state index is -0.169. The van der Waals surface area contributed by atoms with Crippen molar-refractivity contribution in [2.24, 2.45) is 0 Å². The lowest BCUT2D eigenvalue weighted by molar-refractivity contribution is -0.376. The molecule has 3 nitrogen and oxygen atoms in total. The second kappa shape index (κ2) is 7.21. The second-order valence-corrected chi connectivity index (χ2v) is 4.55. The zero-order valence-electron chi connectivity index (χ0n) is 9.88. The summed E-state index contributed by atoms with van der Waals surface area (Å²) in [5, 5.41) is 7.00. The molecular weight excluding hydrogens is 180 g/mol. The summed E-state index contributed by atoms with van der Waals surface area (Å²) >= 11 is 0. The van der Waals surface area contributed by atoms with Crippen LogP contribution in [-0.2, 0) is 9.78 Å². The predicted molar refractivity (Wildman–Crippen MR) is 56.9 cm³/mol. The molecule has 14 heavy (non-hydrogen) atoms. The first-order valence-corrected chi connectivity index (χ1v) is 5.37. The van der Waals surface area contributed by atoms with Gasteiger partial charge in [0.1, 0.15) is 0 Å². The molecule has 1 aliphatic rings. The highest BCUT2D eigenvalue weighted by Crippen LogP contribution is 2.22. The summed E-state index contributed by atoms with van der Waals surface area (Å²) in [5.74, 6) is 0. The van der Waals surface area contributed by atoms with Crippen molar-refractivity contribution < 1.29 is 14.9 Å². The summed E-state index contributed by atoms with van der Waals surface area (Å²) in [7, 11) is 1.00. The van der Waals surface area contributed by atoms with Crippen LogP contribution in [0.15, 0.2) is 0 Å². The van der Waals surface area contributed by atoms with E-state index in [9.17, 15) is 0 Å². The monoisotopic (exact) mass is 204 g/mol. The number of aliphatic hydroxyl groups excluding tert-OH is 1. The number of aliphatic hydroxyl groups is 1. The minimum Gasteiger partial charge on any atom is -0.400 e. The highest BCUT2D eigenvalue weighted by molar-refractivity contribution is 4.64. The lowest BCUT2D eigenvalue weighted by Crippen LogP contribution is -2.25. The summed E-state index contributed by atoms with van der Waals surface area (Å²) in [6, 6.07) is 0. The van der Waals surface area contributed by atoms with Crippen LogP contribution in [0.5, 0.6) is 0 Å². The smallest absolute Gasteiger partial charge is 0.0952 e. The van der Waals surface area contributed by atoms with Gasteiger partial charge in [0.25, 0.3) is 0 Å². The van der Waals surface area contributed by atoms with Crippen molar-refractivity contribution in [1.29, 1.82) is 0 Å². The SMILES string of the molecule is CC(C)(C)OOC1CCCCC1.CO. The molecule has 0 saturated heterocycles. The van der Waals surface area contributed by atoms with E-state index in [0.29, 0.717) is 6.10 Å². The molecule has 1 aliphatic carbocycles. The Balaban J connectivity index is 0.000000791. The summed E-state index contributed by atoms with van der Waals surface area (Å²) in [6.07, 6.45) is 6.61. The van der Waals surface area contributed by atoms with Crippen molar-refractivity contribution in [1.82, 2.24) is 0 Å². The van der Waals surface area contributed by atoms with Crippen LogP contribution in [0.4, 0.5) is 0 Å². The van der Waals surface area contributed by atoms with Crippen LogP contribution in [0, 0.1) is 0 Å². The highest BCUT2D eigenvalue weighted by Gasteiger charge is 2.18. The molecule has 1 saturated carbocycles. The third kappa shape index (κ3) is 7.30. The van der Waals surface area contributed by atoms with Crippen molar-refractivity contribution in [3.05, 3.63) is 0 Å². The Bertz CT molecular complexity index is 123. The predicted octanol–water partition coefficient (Wildman–Crippen LogP) is 2.67. The van der Waals surface area contributed by atoms with E-state index in [1.165, 1.54) is 19.3 Å². The molecule has 86 valence electrons. The molecule has 1 fully saturated rings. The summed E-state index contributed by atoms with van der Waals surface area (Å²) < 4.78 is 0. The van der Waals surface area contributed by atoms with Crippen molar-refractivity contribution in [3.8, 4) is 0 Å². The quantitative estimate of drug-likeness (QED) is 0.555. The first-order chi connectivity index (χ1) is 6.58. The Labute approximate surface area is 87.3 Å². The fourth-order valence-electron chi connectivity index (χ4n) is 1.37. The largest absolute Gasteiger partial charge is 0.400 e. The van der Waals surface area contributed by atoms with E-state index in [-0.39, 0.29) is 5.60 Å². The van der Waals surface area contributed by atoms with Gasteiger partial charge in [-0.1, -0.05) is 19.3 Å². The van der Waals surface area contributed by atoms with Crippen molar-refractivity contribution in [2.75, 3.05) is 7.11 Å². The van der Waals surface area contributed by atoms with Crippen LogP contribution in [0.25, 0.3) is 0 Å². The minimum absolute atomic E-state index is 0.169. The van der Waals surface area contributed by atoms with E-state index in [1.807, 2.05) is 20.8 Å². The molecule has 1 rings (SSSR count). The standard InChI is InChI=1S/C10H20O2.CH4O/c1-10(2,3)12-11-9-7-5-4-6-8-9;1-2/h9H,4-8H2,1-3H3;2H,1H3. The third-order valence-corrected chi connectivity index (χ3v) is 1.99. The summed E-state index contributed by atoms with van der Waals surface area (Å²) in [4.78, 5) is 10.6. The Hall–Kier alpha value is -0.120. The molecule has 0 aromatic heterocycles. The Morgan fingerprint density at radius 2 is 1.50 bits per heavy atom. The number of hydrogen-bond acceptors (Lipinski definition) is 3. The van der Waals surface area contributed by atoms with Crippen LogP contribution in [-0.4, -0.2) is 23.9 Å². The van der Waals surface area contributed by atoms with Gasteiger partial charge in [0.15, 0.2) is 0 Å². The zero-order chi connectivity index (χ0) is 11.0. The molecule has 3 heteroatoms. The number of rotatable bonds is 2. The summed E-state index contributed by atoms with van der Waals surface area (Å²) in [5.41, 5.74) is -0.169. The molecule has 0 aromatic carbocycles. The third-order valence-electron chi connectivity index (χ3n) is 1.99. The van der Waals surface area contributed by atoms with Crippen LogP contribution < -0.4 is 0 Å². The van der Waals surface area contributed by atoms with E-state index in [2.05, 4.69) is 0 Å². The maximum Gasteiger partial charge on any atom is 0.0952 e. The van der Waals surface area contributed by atoms with Gasteiger partial charge in [0.05, 0.1) is 11.7 Å². The van der Waals surface area contributed by atoms with Crippen LogP contribution in [0.1, 0.15) is 52.9 Å². The van der Waals surface area contributed by atoms with Gasteiger partial charge >= 0.3 is 0 Å². The topological polar surface area (TPSA) is 38.7 Å². The van der Waals surface area contributed by atoms with E-state index in [4.69, 9.17) is 14.9 Å². The van der Waals surface area contributed by atoms with Crippen LogP contribution in [0.3, 0.4) is 0 Å². The Morgan fingerprint density at radius 1 is 1.00 bits per heavy atom. The fourth-order valence-corrected chi connectivity index (χ4v) is 1.37. The molecular formula is C11H24O3. The van der Waals surface area contributed by atoms with Crippen molar-refractivity contribution in [2.45, 2.75) is 64.6 Å². The van der Waals surface area contributed by atoms with Gasteiger partial charge in [-0.15, -0.1) is 0 Å². The van der Waals surface area contributed by atoms with Crippen molar-refractivity contribution in [3.63, 3.8) is 0 Å². The molecule has 1 N–H and O–H groups in total. The molecule has 0 spiro atoms. The molecule has 0 radical (unpaired) electrons. The van der Waals surface area contributed by atoms with Crippen molar-refractivity contribution >= 4 is 0 Å². The normalized spacial score (nSPS) is 18.6. The fraction of sp³-hybridized carbons (Fsp3) is 1.00. The lowest BCUT2D eigenvalue weighted by Gasteiger charge is -2.25. The molecule has 0 heterocycles. The molecule has 0 atom stereocenters. The van der Waals surface area contributed by atoms with Crippen LogP contribution in [0.2, 0.25) is 0 Å². The van der Waals surface area contributed by atoms with Gasteiger partial charge < -0.3 is 5.11 Å². The van der Waals surface area contributed by atoms with Gasteiger partial charge in [0, 0.05) is 7.11 Å². The van der Waals surface area contributed by atoms with Crippen LogP contribution >= 0.6 is 0 Å². The van der Waals surface area contributed by atoms with Gasteiger partial charge in [-0.2, -0.15) is 0 Å². The van der Waals surface area contributed by atoms with E-state index >= 15 is 0 Å². The first kappa shape index (κ1) is 13.9. The summed E-state index contributed by atoms with van der Waals surface area (Å²) in [6.45, 7) is 6.03. The molecule has 0 aromatic rings. The highest BCUT2D eigenvalue weighted by atomic mass is 17.2. The molecule has 0 aliphatic heterocycles. The maximum atomic E-state index is 7.00. The van der Waals surface area contributed by atoms with Gasteiger partial charge in [-0.05, 0) is 33.6 Å². The average molecular weight is 204 g/mol. The average Bonchev–Trinajstić information content (AvgIpc) is 2.19. The second-order valence-electron chi connectivity index (χ2n) is 4.55. The van der Waals surface area contributed by atoms with Gasteiger partial charge in [-0.3, -0.25) is 0 Å². The van der Waals surface area contributed by atoms with Gasteiger partial charge in [0.2, 0.25) is 0 Å². The Morgan fingerprint density at radius 3 is 1.93 bits per heavy atom. The van der Waals surface area contributed by atoms with E-state index < -0.39 is 0 Å². The first-order valence-electron chi connectivity index (χ1n) is 5.37. The molecule has 0 unspecified atom stereocenters. The van der Waals surface area contributed by atoms with E-state index in [1.54, 1.807) is 0 Å². The molecule has 0 bridgehead atoms. The Kier molecular flexibility index (Phi) is 7.15. The zero-order valence-corrected chi connectivity index (χ0v) is 9.88. The van der Waals surface area contributed by atoms with Gasteiger partial charge in [-0.25, -0.2) is 9.78 Å². The maximum absolute atomic E-state index is 7.00. The number of hydrogen-bond donors (Lipinski definition) is 1. The lowest BCUT2D eigenvalue weighted by atomic mass is 9.98.